The van der Waals surface area contributed by atoms with Crippen LogP contribution in [0.4, 0.5) is 5.00 Å². The van der Waals surface area contributed by atoms with Gasteiger partial charge in [0.25, 0.3) is 0 Å². The molecule has 1 N–H and O–H groups in total. The molecule has 0 spiro atoms. The summed E-state index contributed by atoms with van der Waals surface area (Å²) in [5, 5.41) is 13.3. The molecule has 2 aromatic rings. The van der Waals surface area contributed by atoms with E-state index in [4.69, 9.17) is 16.3 Å². The highest BCUT2D eigenvalue weighted by Crippen LogP contribution is 2.42. The van der Waals surface area contributed by atoms with E-state index in [1.165, 1.54) is 11.3 Å². The first-order valence-electron chi connectivity index (χ1n) is 7.34. The lowest BCUT2D eigenvalue weighted by molar-refractivity contribution is -0.113. The Labute approximate surface area is 144 Å². The molecule has 0 fully saturated rings. The molecule has 0 saturated heterocycles. The summed E-state index contributed by atoms with van der Waals surface area (Å²) in [5.74, 6) is 0.214. The minimum Gasteiger partial charge on any atom is -0.446 e. The second-order valence-corrected chi connectivity index (χ2v) is 6.13. The quantitative estimate of drug-likeness (QED) is 0.721. The number of halogens is 1. The van der Waals surface area contributed by atoms with Gasteiger partial charge in [-0.15, -0.1) is 11.6 Å². The van der Waals surface area contributed by atoms with Crippen LogP contribution in [-0.4, -0.2) is 11.8 Å². The summed E-state index contributed by atoms with van der Waals surface area (Å²) in [7, 11) is 0. The van der Waals surface area contributed by atoms with E-state index >= 15 is 0 Å². The van der Waals surface area contributed by atoms with Crippen LogP contribution in [0.15, 0.2) is 30.3 Å². The zero-order valence-electron chi connectivity index (χ0n) is 12.8. The summed E-state index contributed by atoms with van der Waals surface area (Å²) in [5.41, 5.74) is 1.31. The van der Waals surface area contributed by atoms with Crippen molar-refractivity contribution in [3.63, 3.8) is 0 Å². The number of ether oxygens (including phenoxy) is 1. The van der Waals surface area contributed by atoms with E-state index in [1.54, 1.807) is 0 Å². The Kier molecular flexibility index (Phi) is 6.45. The van der Waals surface area contributed by atoms with Crippen molar-refractivity contribution in [1.29, 1.82) is 5.26 Å². The molecule has 0 aliphatic heterocycles. The molecule has 1 amide bonds. The third-order valence-corrected chi connectivity index (χ3v) is 4.46. The van der Waals surface area contributed by atoms with Crippen molar-refractivity contribution >= 4 is 33.8 Å². The molecular formula is C17H17ClN2O2S. The number of hydrogen-bond donors (Lipinski definition) is 1. The monoisotopic (exact) mass is 348 g/mol. The van der Waals surface area contributed by atoms with Gasteiger partial charge in [0, 0.05) is 5.56 Å². The highest BCUT2D eigenvalue weighted by molar-refractivity contribution is 7.18. The minimum absolute atomic E-state index is 0.151. The Hall–Kier alpha value is -2.03. The summed E-state index contributed by atoms with van der Waals surface area (Å²) >= 11 is 6.80. The van der Waals surface area contributed by atoms with Crippen molar-refractivity contribution in [3.05, 3.63) is 41.5 Å². The number of nitrogens with one attached hydrogen (secondary N) is 1. The topological polar surface area (TPSA) is 62.1 Å². The number of benzene rings is 1. The lowest BCUT2D eigenvalue weighted by atomic mass is 10.1. The Balaban J connectivity index is 2.38. The zero-order valence-corrected chi connectivity index (χ0v) is 14.3. The van der Waals surface area contributed by atoms with E-state index in [9.17, 15) is 10.1 Å². The molecule has 0 radical (unpaired) electrons. The van der Waals surface area contributed by atoms with Gasteiger partial charge < -0.3 is 10.1 Å². The van der Waals surface area contributed by atoms with E-state index in [1.807, 2.05) is 30.3 Å². The highest BCUT2D eigenvalue weighted by Gasteiger charge is 2.21. The number of alkyl halides is 1. The second-order valence-electron chi connectivity index (χ2n) is 4.88. The number of rotatable bonds is 7. The van der Waals surface area contributed by atoms with E-state index in [0.29, 0.717) is 21.4 Å². The minimum atomic E-state index is -0.335. The number of nitriles is 1. The summed E-state index contributed by atoms with van der Waals surface area (Å²) in [4.78, 5) is 11.6. The van der Waals surface area contributed by atoms with Crippen LogP contribution < -0.4 is 10.1 Å². The van der Waals surface area contributed by atoms with Crippen LogP contribution >= 0.6 is 22.9 Å². The van der Waals surface area contributed by atoms with E-state index in [2.05, 4.69) is 18.3 Å². The van der Waals surface area contributed by atoms with Gasteiger partial charge in [0.2, 0.25) is 5.91 Å². The molecule has 0 bridgehead atoms. The first-order chi connectivity index (χ1) is 11.2. The molecular weight excluding hydrogens is 332 g/mol. The maximum Gasteiger partial charge on any atom is 0.239 e. The average Bonchev–Trinajstić information content (AvgIpc) is 2.89. The van der Waals surface area contributed by atoms with Crippen LogP contribution in [0, 0.1) is 11.3 Å². The SMILES string of the molecule is CCCCc1c(Oc2ccccc2)sc(NC(=O)CCl)c1C#N. The summed E-state index contributed by atoms with van der Waals surface area (Å²) in [6.07, 6.45) is 2.68. The largest absolute Gasteiger partial charge is 0.446 e. The maximum absolute atomic E-state index is 11.6. The van der Waals surface area contributed by atoms with Crippen LogP contribution in [0.2, 0.25) is 0 Å². The number of unbranched alkanes of at least 4 members (excludes halogenated alkanes) is 1. The van der Waals surface area contributed by atoms with Crippen molar-refractivity contribution in [2.45, 2.75) is 26.2 Å². The molecule has 0 saturated carbocycles. The average molecular weight is 349 g/mol. The number of amides is 1. The first-order valence-corrected chi connectivity index (χ1v) is 8.69. The Bertz CT molecular complexity index is 707. The summed E-state index contributed by atoms with van der Waals surface area (Å²) in [6.45, 7) is 2.09. The Morgan fingerprint density at radius 3 is 2.74 bits per heavy atom. The smallest absolute Gasteiger partial charge is 0.239 e. The number of nitrogens with zero attached hydrogens (tertiary/aromatic N) is 1. The Morgan fingerprint density at radius 1 is 1.39 bits per heavy atom. The van der Waals surface area contributed by atoms with Gasteiger partial charge in [0.15, 0.2) is 5.06 Å². The molecule has 23 heavy (non-hydrogen) atoms. The molecule has 1 aromatic heterocycles. The standard InChI is InChI=1S/C17H17ClN2O2S/c1-2-3-9-13-14(11-19)16(20-15(21)10-18)23-17(13)22-12-7-5-4-6-8-12/h4-8H,2-3,9-10H2,1H3,(H,20,21). The summed E-state index contributed by atoms with van der Waals surface area (Å²) in [6, 6.07) is 11.6. The summed E-state index contributed by atoms with van der Waals surface area (Å²) < 4.78 is 5.93. The second kappa shape index (κ2) is 8.56. The number of anilines is 1. The van der Waals surface area contributed by atoms with Gasteiger partial charge in [0.05, 0.1) is 5.56 Å². The molecule has 120 valence electrons. The third-order valence-electron chi connectivity index (χ3n) is 3.19. The zero-order chi connectivity index (χ0) is 16.7. The predicted octanol–water partition coefficient (Wildman–Crippen LogP) is 4.93. The fourth-order valence-electron chi connectivity index (χ4n) is 2.07. The molecule has 0 aliphatic carbocycles. The molecule has 0 atom stereocenters. The molecule has 2 rings (SSSR count). The van der Waals surface area contributed by atoms with Gasteiger partial charge in [-0.3, -0.25) is 4.79 Å². The van der Waals surface area contributed by atoms with Gasteiger partial charge in [-0.2, -0.15) is 5.26 Å². The molecule has 6 heteroatoms. The number of thiophene rings is 1. The normalized spacial score (nSPS) is 10.1. The Morgan fingerprint density at radius 2 is 2.13 bits per heavy atom. The predicted molar refractivity (Wildman–Crippen MR) is 93.5 cm³/mol. The maximum atomic E-state index is 11.6. The molecule has 1 heterocycles. The number of carbonyl (C=O) groups is 1. The molecule has 4 nitrogen and oxygen atoms in total. The lowest BCUT2D eigenvalue weighted by Gasteiger charge is -2.06. The number of hydrogen-bond acceptors (Lipinski definition) is 4. The van der Waals surface area contributed by atoms with Gasteiger partial charge in [-0.05, 0) is 25.0 Å². The van der Waals surface area contributed by atoms with Crippen LogP contribution in [0.1, 0.15) is 30.9 Å². The van der Waals surface area contributed by atoms with Crippen molar-refractivity contribution in [2.24, 2.45) is 0 Å². The van der Waals surface area contributed by atoms with Gasteiger partial charge in [0.1, 0.15) is 22.7 Å². The van der Waals surface area contributed by atoms with Crippen LogP contribution in [0.3, 0.4) is 0 Å². The van der Waals surface area contributed by atoms with Crippen LogP contribution in [-0.2, 0) is 11.2 Å². The van der Waals surface area contributed by atoms with Gasteiger partial charge in [-0.25, -0.2) is 0 Å². The van der Waals surface area contributed by atoms with Crippen LogP contribution in [0.25, 0.3) is 0 Å². The van der Waals surface area contributed by atoms with E-state index in [0.717, 1.165) is 24.8 Å². The fraction of sp³-hybridized carbons (Fsp3) is 0.294. The highest BCUT2D eigenvalue weighted by atomic mass is 35.5. The first kappa shape index (κ1) is 17.3. The van der Waals surface area contributed by atoms with Gasteiger partial charge in [-0.1, -0.05) is 42.9 Å². The third kappa shape index (κ3) is 4.47. The van der Waals surface area contributed by atoms with Crippen LogP contribution in [0.5, 0.6) is 10.8 Å². The molecule has 1 aromatic carbocycles. The van der Waals surface area contributed by atoms with Crippen molar-refractivity contribution < 1.29 is 9.53 Å². The van der Waals surface area contributed by atoms with Crippen molar-refractivity contribution in [1.82, 2.24) is 0 Å². The molecule has 0 unspecified atom stereocenters. The number of carbonyl (C=O) groups excluding carboxylic acids is 1. The lowest BCUT2D eigenvalue weighted by Crippen LogP contribution is -2.12. The van der Waals surface area contributed by atoms with E-state index < -0.39 is 0 Å². The van der Waals surface area contributed by atoms with E-state index in [-0.39, 0.29) is 11.8 Å². The van der Waals surface area contributed by atoms with Crippen molar-refractivity contribution in [3.8, 4) is 16.9 Å². The fourth-order valence-corrected chi connectivity index (χ4v) is 3.22. The number of para-hydroxylation sites is 1. The molecule has 0 aliphatic rings. The van der Waals surface area contributed by atoms with Gasteiger partial charge >= 0.3 is 0 Å². The van der Waals surface area contributed by atoms with Crippen molar-refractivity contribution in [2.75, 3.05) is 11.2 Å².